The molecule has 2 heterocycles. The van der Waals surface area contributed by atoms with E-state index in [1.807, 2.05) is 12.1 Å². The third-order valence-electron chi connectivity index (χ3n) is 3.27. The van der Waals surface area contributed by atoms with Gasteiger partial charge < -0.3 is 11.1 Å². The van der Waals surface area contributed by atoms with Crippen molar-refractivity contribution in [1.82, 2.24) is 10.2 Å². The number of aromatic nitrogens is 2. The number of hydrogen-bond acceptors (Lipinski definition) is 4. The van der Waals surface area contributed by atoms with E-state index in [2.05, 4.69) is 33.9 Å². The van der Waals surface area contributed by atoms with Crippen LogP contribution in [0.15, 0.2) is 29.8 Å². The van der Waals surface area contributed by atoms with Crippen LogP contribution in [0.5, 0.6) is 0 Å². The van der Waals surface area contributed by atoms with E-state index in [0.29, 0.717) is 0 Å². The lowest BCUT2D eigenvalue weighted by Gasteiger charge is -2.09. The number of hydrogen-bond donors (Lipinski definition) is 3. The first-order valence-electron chi connectivity index (χ1n) is 6.29. The molecule has 0 amide bonds. The summed E-state index contributed by atoms with van der Waals surface area (Å²) in [7, 11) is 0. The molecule has 5 heteroatoms. The summed E-state index contributed by atoms with van der Waals surface area (Å²) in [5.74, 6) is 0. The molecule has 0 fully saturated rings. The highest BCUT2D eigenvalue weighted by atomic mass is 32.1. The van der Waals surface area contributed by atoms with Crippen molar-refractivity contribution >= 4 is 33.6 Å². The van der Waals surface area contributed by atoms with Gasteiger partial charge in [-0.1, -0.05) is 6.92 Å². The van der Waals surface area contributed by atoms with Crippen LogP contribution in [-0.4, -0.2) is 10.2 Å². The van der Waals surface area contributed by atoms with Crippen LogP contribution in [0.4, 0.5) is 11.4 Å². The Bertz CT molecular complexity index is 698. The van der Waals surface area contributed by atoms with Crippen LogP contribution in [0.25, 0.3) is 10.9 Å². The number of anilines is 2. The molecule has 98 valence electrons. The topological polar surface area (TPSA) is 66.7 Å². The van der Waals surface area contributed by atoms with E-state index in [9.17, 15) is 0 Å². The molecule has 3 aromatic rings. The van der Waals surface area contributed by atoms with Crippen LogP contribution < -0.4 is 11.1 Å². The Balaban J connectivity index is 1.83. The molecule has 0 aliphatic carbocycles. The van der Waals surface area contributed by atoms with Crippen molar-refractivity contribution < 1.29 is 0 Å². The van der Waals surface area contributed by atoms with Gasteiger partial charge in [0, 0.05) is 16.8 Å². The van der Waals surface area contributed by atoms with E-state index in [1.54, 1.807) is 17.5 Å². The average molecular weight is 272 g/mol. The number of H-pyrrole nitrogens is 1. The van der Waals surface area contributed by atoms with Gasteiger partial charge in [0.05, 0.1) is 23.1 Å². The zero-order valence-electron chi connectivity index (χ0n) is 10.7. The maximum atomic E-state index is 6.06. The first kappa shape index (κ1) is 12.0. The SMILES string of the molecule is CCc1ccsc1CNc1cc2[nH]ncc2cc1N. The third kappa shape index (κ3) is 2.29. The number of benzene rings is 1. The first-order valence-corrected chi connectivity index (χ1v) is 7.17. The van der Waals surface area contributed by atoms with E-state index in [-0.39, 0.29) is 0 Å². The van der Waals surface area contributed by atoms with E-state index < -0.39 is 0 Å². The number of fused-ring (bicyclic) bond motifs is 1. The Morgan fingerprint density at radius 2 is 2.32 bits per heavy atom. The van der Waals surface area contributed by atoms with E-state index in [0.717, 1.165) is 35.2 Å². The smallest absolute Gasteiger partial charge is 0.0672 e. The van der Waals surface area contributed by atoms with Crippen LogP contribution in [0.2, 0.25) is 0 Å². The van der Waals surface area contributed by atoms with Gasteiger partial charge in [-0.2, -0.15) is 5.10 Å². The van der Waals surface area contributed by atoms with Gasteiger partial charge in [-0.3, -0.25) is 5.10 Å². The van der Waals surface area contributed by atoms with Crippen molar-refractivity contribution in [3.05, 3.63) is 40.2 Å². The van der Waals surface area contributed by atoms with Crippen molar-refractivity contribution in [2.75, 3.05) is 11.1 Å². The Hall–Kier alpha value is -2.01. The average Bonchev–Trinajstić information content (AvgIpc) is 3.03. The summed E-state index contributed by atoms with van der Waals surface area (Å²) in [4.78, 5) is 1.37. The molecular formula is C14H16N4S. The summed E-state index contributed by atoms with van der Waals surface area (Å²) in [5, 5.41) is 13.6. The fourth-order valence-electron chi connectivity index (χ4n) is 2.17. The summed E-state index contributed by atoms with van der Waals surface area (Å²) in [6.07, 6.45) is 2.85. The fourth-order valence-corrected chi connectivity index (χ4v) is 3.09. The molecule has 19 heavy (non-hydrogen) atoms. The zero-order chi connectivity index (χ0) is 13.2. The molecule has 0 saturated carbocycles. The van der Waals surface area contributed by atoms with Gasteiger partial charge in [-0.25, -0.2) is 0 Å². The number of aromatic amines is 1. The second-order valence-corrected chi connectivity index (χ2v) is 5.47. The highest BCUT2D eigenvalue weighted by Gasteiger charge is 2.06. The summed E-state index contributed by atoms with van der Waals surface area (Å²) < 4.78 is 0. The highest BCUT2D eigenvalue weighted by Crippen LogP contribution is 2.26. The van der Waals surface area contributed by atoms with Gasteiger partial charge in [0.1, 0.15) is 0 Å². The van der Waals surface area contributed by atoms with Gasteiger partial charge in [0.2, 0.25) is 0 Å². The Morgan fingerprint density at radius 3 is 3.16 bits per heavy atom. The second-order valence-electron chi connectivity index (χ2n) is 4.47. The monoisotopic (exact) mass is 272 g/mol. The van der Waals surface area contributed by atoms with Crippen LogP contribution in [0, 0.1) is 0 Å². The summed E-state index contributed by atoms with van der Waals surface area (Å²) in [6, 6.07) is 6.14. The lowest BCUT2D eigenvalue weighted by molar-refractivity contribution is 1.08. The summed E-state index contributed by atoms with van der Waals surface area (Å²) >= 11 is 1.78. The molecule has 0 aliphatic rings. The quantitative estimate of drug-likeness (QED) is 0.638. The number of aryl methyl sites for hydroxylation is 1. The fraction of sp³-hybridized carbons (Fsp3) is 0.214. The molecule has 1 aromatic carbocycles. The number of nitrogens with zero attached hydrogens (tertiary/aromatic N) is 1. The van der Waals surface area contributed by atoms with Gasteiger partial charge in [-0.15, -0.1) is 11.3 Å². The molecule has 2 aromatic heterocycles. The number of nitrogen functional groups attached to an aromatic ring is 1. The van der Waals surface area contributed by atoms with Gasteiger partial charge >= 0.3 is 0 Å². The van der Waals surface area contributed by atoms with Crippen molar-refractivity contribution in [2.24, 2.45) is 0 Å². The number of rotatable bonds is 4. The number of nitrogens with one attached hydrogen (secondary N) is 2. The maximum absolute atomic E-state index is 6.06. The van der Waals surface area contributed by atoms with Crippen LogP contribution in [-0.2, 0) is 13.0 Å². The minimum atomic E-state index is 0.753. The Morgan fingerprint density at radius 1 is 1.42 bits per heavy atom. The molecule has 0 bridgehead atoms. The largest absolute Gasteiger partial charge is 0.397 e. The van der Waals surface area contributed by atoms with Crippen molar-refractivity contribution in [3.8, 4) is 0 Å². The van der Waals surface area contributed by atoms with E-state index >= 15 is 0 Å². The number of thiophene rings is 1. The predicted octanol–water partition coefficient (Wildman–Crippen LogP) is 3.38. The molecule has 0 atom stereocenters. The van der Waals surface area contributed by atoms with Gasteiger partial charge in [0.15, 0.2) is 0 Å². The van der Waals surface area contributed by atoms with Crippen molar-refractivity contribution in [2.45, 2.75) is 19.9 Å². The molecule has 0 unspecified atom stereocenters. The Labute approximate surface area is 115 Å². The Kier molecular flexibility index (Phi) is 3.13. The highest BCUT2D eigenvalue weighted by molar-refractivity contribution is 7.10. The molecular weight excluding hydrogens is 256 g/mol. The lowest BCUT2D eigenvalue weighted by Crippen LogP contribution is -2.02. The molecule has 4 nitrogen and oxygen atoms in total. The summed E-state index contributed by atoms with van der Waals surface area (Å²) in [5.41, 5.74) is 10.2. The van der Waals surface area contributed by atoms with Crippen molar-refractivity contribution in [3.63, 3.8) is 0 Å². The molecule has 0 radical (unpaired) electrons. The van der Waals surface area contributed by atoms with Crippen molar-refractivity contribution in [1.29, 1.82) is 0 Å². The van der Waals surface area contributed by atoms with Gasteiger partial charge in [0.25, 0.3) is 0 Å². The first-order chi connectivity index (χ1) is 9.28. The standard InChI is InChI=1S/C14H16N4S/c1-2-9-3-4-19-14(9)8-16-13-6-12-10(5-11(13)15)7-17-18-12/h3-7,16H,2,8,15H2,1H3,(H,17,18). The molecule has 0 spiro atoms. The van der Waals surface area contributed by atoms with Crippen LogP contribution >= 0.6 is 11.3 Å². The molecule has 4 N–H and O–H groups in total. The summed E-state index contributed by atoms with van der Waals surface area (Å²) in [6.45, 7) is 2.99. The molecule has 3 rings (SSSR count). The minimum Gasteiger partial charge on any atom is -0.397 e. The lowest BCUT2D eigenvalue weighted by atomic mass is 10.2. The molecule has 0 aliphatic heterocycles. The third-order valence-corrected chi connectivity index (χ3v) is 4.23. The van der Waals surface area contributed by atoms with Gasteiger partial charge in [-0.05, 0) is 35.6 Å². The predicted molar refractivity (Wildman–Crippen MR) is 81.5 cm³/mol. The van der Waals surface area contributed by atoms with E-state index in [4.69, 9.17) is 5.73 Å². The molecule has 0 saturated heterocycles. The van der Waals surface area contributed by atoms with E-state index in [1.165, 1.54) is 10.4 Å². The second kappa shape index (κ2) is 4.93. The number of nitrogens with two attached hydrogens (primary N) is 1. The zero-order valence-corrected chi connectivity index (χ0v) is 11.6. The van der Waals surface area contributed by atoms with Crippen LogP contribution in [0.3, 0.4) is 0 Å². The maximum Gasteiger partial charge on any atom is 0.0672 e. The normalized spacial score (nSPS) is 11.0. The van der Waals surface area contributed by atoms with Crippen LogP contribution in [0.1, 0.15) is 17.4 Å². The minimum absolute atomic E-state index is 0.753.